The van der Waals surface area contributed by atoms with Crippen LogP contribution in [0.4, 0.5) is 0 Å². The minimum atomic E-state index is 0.0615. The van der Waals surface area contributed by atoms with Gasteiger partial charge in [-0.2, -0.15) is 0 Å². The summed E-state index contributed by atoms with van der Waals surface area (Å²) >= 11 is 6.11. The highest BCUT2D eigenvalue weighted by Crippen LogP contribution is 2.27. The number of nitrogens with zero attached hydrogens (tertiary/aromatic N) is 2. The number of carbonyl (C=O) groups is 1. The molecule has 0 saturated carbocycles. The summed E-state index contributed by atoms with van der Waals surface area (Å²) in [5, 5.41) is 2.60. The number of pyridine rings is 1. The van der Waals surface area contributed by atoms with Crippen molar-refractivity contribution in [1.29, 1.82) is 0 Å². The summed E-state index contributed by atoms with van der Waals surface area (Å²) in [6.45, 7) is 1.35. The predicted molar refractivity (Wildman–Crippen MR) is 103 cm³/mol. The van der Waals surface area contributed by atoms with E-state index >= 15 is 0 Å². The van der Waals surface area contributed by atoms with E-state index in [0.29, 0.717) is 23.9 Å². The molecule has 0 radical (unpaired) electrons. The van der Waals surface area contributed by atoms with Crippen LogP contribution in [0.3, 0.4) is 0 Å². The Balaban J connectivity index is 1.44. The highest BCUT2D eigenvalue weighted by atomic mass is 35.5. The average Bonchev–Trinajstić information content (AvgIpc) is 2.69. The molecular weight excluding hydrogens is 348 g/mol. The van der Waals surface area contributed by atoms with Crippen molar-refractivity contribution < 1.29 is 9.53 Å². The zero-order chi connectivity index (χ0) is 17.9. The van der Waals surface area contributed by atoms with Crippen molar-refractivity contribution in [1.82, 2.24) is 9.88 Å². The topological polar surface area (TPSA) is 42.4 Å². The zero-order valence-corrected chi connectivity index (χ0v) is 15.0. The van der Waals surface area contributed by atoms with Gasteiger partial charge in [0.15, 0.2) is 0 Å². The first-order chi connectivity index (χ1) is 12.7. The molecule has 1 aliphatic heterocycles. The minimum Gasteiger partial charge on any atom is -0.489 e. The van der Waals surface area contributed by atoms with Gasteiger partial charge in [-0.15, -0.1) is 0 Å². The number of carbonyl (C=O) groups excluding carboxylic acids is 1. The van der Waals surface area contributed by atoms with Crippen molar-refractivity contribution >= 4 is 28.3 Å². The van der Waals surface area contributed by atoms with Crippen LogP contribution in [0.15, 0.2) is 60.9 Å². The van der Waals surface area contributed by atoms with Gasteiger partial charge >= 0.3 is 0 Å². The molecule has 0 unspecified atom stereocenters. The normalized spacial score (nSPS) is 15.2. The second kappa shape index (κ2) is 7.34. The molecule has 1 amide bonds. The number of fused-ring (bicyclic) bond motifs is 1. The lowest BCUT2D eigenvalue weighted by Crippen LogP contribution is -2.41. The Morgan fingerprint density at radius 2 is 1.85 bits per heavy atom. The first kappa shape index (κ1) is 16.9. The summed E-state index contributed by atoms with van der Waals surface area (Å²) in [5.41, 5.74) is 0.764. The maximum Gasteiger partial charge on any atom is 0.254 e. The molecule has 132 valence electrons. The third kappa shape index (κ3) is 3.37. The first-order valence-electron chi connectivity index (χ1n) is 8.75. The highest BCUT2D eigenvalue weighted by molar-refractivity contribution is 6.31. The molecule has 2 aromatic carbocycles. The molecule has 5 heteroatoms. The van der Waals surface area contributed by atoms with Crippen LogP contribution < -0.4 is 4.74 Å². The van der Waals surface area contributed by atoms with Crippen LogP contribution in [0.2, 0.25) is 5.02 Å². The number of ether oxygens (including phenoxy) is 1. The first-order valence-corrected chi connectivity index (χ1v) is 9.13. The van der Waals surface area contributed by atoms with Gasteiger partial charge in [0.25, 0.3) is 5.91 Å². The molecular formula is C21H19ClN2O2. The Labute approximate surface area is 157 Å². The number of hydrogen-bond donors (Lipinski definition) is 0. The van der Waals surface area contributed by atoms with E-state index in [4.69, 9.17) is 16.3 Å². The van der Waals surface area contributed by atoms with Crippen molar-refractivity contribution in [2.75, 3.05) is 13.1 Å². The summed E-state index contributed by atoms with van der Waals surface area (Å²) in [6, 6.07) is 15.7. The van der Waals surface area contributed by atoms with Gasteiger partial charge in [0.05, 0.1) is 0 Å². The van der Waals surface area contributed by atoms with Crippen LogP contribution in [0.5, 0.6) is 5.75 Å². The molecule has 2 heterocycles. The lowest BCUT2D eigenvalue weighted by Gasteiger charge is -2.32. The maximum atomic E-state index is 13.0. The number of rotatable bonds is 3. The second-order valence-electron chi connectivity index (χ2n) is 6.44. The van der Waals surface area contributed by atoms with Crippen molar-refractivity contribution in [3.63, 3.8) is 0 Å². The molecule has 4 rings (SSSR count). The number of likely N-dealkylation sites (tertiary alicyclic amines) is 1. The third-order valence-electron chi connectivity index (χ3n) is 4.78. The quantitative estimate of drug-likeness (QED) is 0.681. The van der Waals surface area contributed by atoms with E-state index in [2.05, 4.69) is 4.98 Å². The van der Waals surface area contributed by atoms with Crippen LogP contribution in [0, 0.1) is 0 Å². The van der Waals surface area contributed by atoms with E-state index in [9.17, 15) is 4.79 Å². The van der Waals surface area contributed by atoms with Crippen LogP contribution in [0.1, 0.15) is 23.2 Å². The molecule has 0 bridgehead atoms. The summed E-state index contributed by atoms with van der Waals surface area (Å²) in [6.07, 6.45) is 4.88. The monoisotopic (exact) mass is 366 g/mol. The molecule has 1 aliphatic rings. The number of piperidine rings is 1. The summed E-state index contributed by atoms with van der Waals surface area (Å²) in [4.78, 5) is 18.9. The molecule has 4 nitrogen and oxygen atoms in total. The van der Waals surface area contributed by atoms with E-state index in [1.54, 1.807) is 18.5 Å². The molecule has 3 aromatic rings. The Hall–Kier alpha value is -2.59. The van der Waals surface area contributed by atoms with Gasteiger partial charge in [0, 0.05) is 50.0 Å². The smallest absolute Gasteiger partial charge is 0.254 e. The van der Waals surface area contributed by atoms with E-state index in [1.165, 1.54) is 0 Å². The Morgan fingerprint density at radius 3 is 2.65 bits per heavy atom. The fourth-order valence-electron chi connectivity index (χ4n) is 3.40. The van der Waals surface area contributed by atoms with Crippen molar-refractivity contribution in [3.05, 3.63) is 71.5 Å². The van der Waals surface area contributed by atoms with Crippen LogP contribution in [-0.4, -0.2) is 35.0 Å². The molecule has 0 spiro atoms. The van der Waals surface area contributed by atoms with Crippen LogP contribution in [0.25, 0.3) is 10.8 Å². The van der Waals surface area contributed by atoms with E-state index in [0.717, 1.165) is 29.2 Å². The van der Waals surface area contributed by atoms with Crippen molar-refractivity contribution in [3.8, 4) is 5.75 Å². The standard InChI is InChI=1S/C21H19ClN2O2/c22-19-14-23-11-8-20(19)26-16-9-12-24(13-10-16)21(25)18-7-3-5-15-4-1-2-6-17(15)18/h1-8,11,14,16H,9-10,12-13H2. The zero-order valence-electron chi connectivity index (χ0n) is 14.3. The van der Waals surface area contributed by atoms with E-state index in [-0.39, 0.29) is 12.0 Å². The van der Waals surface area contributed by atoms with Crippen LogP contribution in [-0.2, 0) is 0 Å². The van der Waals surface area contributed by atoms with Gasteiger partial charge in [-0.05, 0) is 16.8 Å². The molecule has 26 heavy (non-hydrogen) atoms. The molecule has 1 aromatic heterocycles. The predicted octanol–water partition coefficient (Wildman–Crippen LogP) is 4.57. The Bertz CT molecular complexity index is 931. The Morgan fingerprint density at radius 1 is 1.08 bits per heavy atom. The number of benzene rings is 2. The van der Waals surface area contributed by atoms with E-state index < -0.39 is 0 Å². The number of aromatic nitrogens is 1. The highest BCUT2D eigenvalue weighted by Gasteiger charge is 2.26. The summed E-state index contributed by atoms with van der Waals surface area (Å²) in [5.74, 6) is 0.739. The van der Waals surface area contributed by atoms with Gasteiger partial charge in [-0.25, -0.2) is 0 Å². The molecule has 1 fully saturated rings. The fraction of sp³-hybridized carbons (Fsp3) is 0.238. The maximum absolute atomic E-state index is 13.0. The lowest BCUT2D eigenvalue weighted by molar-refractivity contribution is 0.0597. The second-order valence-corrected chi connectivity index (χ2v) is 6.85. The number of halogens is 1. The SMILES string of the molecule is O=C(c1cccc2ccccc12)N1CCC(Oc2ccncc2Cl)CC1. The summed E-state index contributed by atoms with van der Waals surface area (Å²) in [7, 11) is 0. The fourth-order valence-corrected chi connectivity index (χ4v) is 3.56. The van der Waals surface area contributed by atoms with Gasteiger partial charge in [-0.3, -0.25) is 9.78 Å². The molecule has 0 atom stereocenters. The largest absolute Gasteiger partial charge is 0.489 e. The van der Waals surface area contributed by atoms with Crippen molar-refractivity contribution in [2.45, 2.75) is 18.9 Å². The van der Waals surface area contributed by atoms with Gasteiger partial charge in [0.2, 0.25) is 0 Å². The van der Waals surface area contributed by atoms with E-state index in [1.807, 2.05) is 47.4 Å². The lowest BCUT2D eigenvalue weighted by atomic mass is 10.0. The van der Waals surface area contributed by atoms with Gasteiger partial charge in [-0.1, -0.05) is 48.0 Å². The Kier molecular flexibility index (Phi) is 4.76. The van der Waals surface area contributed by atoms with Crippen molar-refractivity contribution in [2.24, 2.45) is 0 Å². The third-order valence-corrected chi connectivity index (χ3v) is 5.06. The molecule has 0 N–H and O–H groups in total. The minimum absolute atomic E-state index is 0.0615. The van der Waals surface area contributed by atoms with Gasteiger partial charge in [0.1, 0.15) is 16.9 Å². The average molecular weight is 367 g/mol. The van der Waals surface area contributed by atoms with Gasteiger partial charge < -0.3 is 9.64 Å². The molecule has 0 aliphatic carbocycles. The number of amides is 1. The van der Waals surface area contributed by atoms with Crippen LogP contribution >= 0.6 is 11.6 Å². The number of hydrogen-bond acceptors (Lipinski definition) is 3. The summed E-state index contributed by atoms with van der Waals surface area (Å²) < 4.78 is 5.98. The molecule has 1 saturated heterocycles.